The number of Topliss-reactive ketones (excluding diaryl/α,β-unsaturated/α-hetero) is 1. The molecule has 1 aromatic carbocycles. The molecule has 0 unspecified atom stereocenters. The summed E-state index contributed by atoms with van der Waals surface area (Å²) in [7, 11) is 0. The van der Waals surface area contributed by atoms with Crippen LogP contribution in [0.5, 0.6) is 0 Å². The lowest BCUT2D eigenvalue weighted by Crippen LogP contribution is -2.52. The third-order valence-electron chi connectivity index (χ3n) is 4.64. The van der Waals surface area contributed by atoms with Crippen LogP contribution in [0.1, 0.15) is 49.9 Å². The van der Waals surface area contributed by atoms with Crippen molar-refractivity contribution in [2.24, 2.45) is 5.92 Å². The molecule has 0 bridgehead atoms. The van der Waals surface area contributed by atoms with Crippen LogP contribution in [0.25, 0.3) is 0 Å². The summed E-state index contributed by atoms with van der Waals surface area (Å²) < 4.78 is 18.2. The van der Waals surface area contributed by atoms with E-state index < -0.39 is 11.9 Å². The molecule has 7 heteroatoms. The van der Waals surface area contributed by atoms with Gasteiger partial charge in [-0.1, -0.05) is 13.8 Å². The minimum absolute atomic E-state index is 0.0762. The van der Waals surface area contributed by atoms with Gasteiger partial charge in [0.25, 0.3) is 0 Å². The van der Waals surface area contributed by atoms with Gasteiger partial charge in [0.2, 0.25) is 11.8 Å². The summed E-state index contributed by atoms with van der Waals surface area (Å²) in [6.07, 6.45) is 1.31. The Morgan fingerprint density at radius 3 is 2.36 bits per heavy atom. The van der Waals surface area contributed by atoms with Gasteiger partial charge in [0.15, 0.2) is 5.78 Å². The smallest absolute Gasteiger partial charge is 0.245 e. The number of nitrogens with zero attached hydrogens (tertiary/aromatic N) is 1. The minimum atomic E-state index is -0.557. The van der Waals surface area contributed by atoms with Crippen LogP contribution in [0.15, 0.2) is 24.3 Å². The van der Waals surface area contributed by atoms with Crippen LogP contribution in [0.2, 0.25) is 0 Å². The molecule has 1 aliphatic heterocycles. The average molecular weight is 392 g/mol. The summed E-state index contributed by atoms with van der Waals surface area (Å²) >= 11 is 0. The second-order valence-electron chi connectivity index (χ2n) is 7.47. The van der Waals surface area contributed by atoms with Crippen LogP contribution in [0.4, 0.5) is 4.39 Å². The van der Waals surface area contributed by atoms with Gasteiger partial charge in [-0.15, -0.1) is 0 Å². The van der Waals surface area contributed by atoms with Crippen molar-refractivity contribution in [1.82, 2.24) is 10.2 Å². The number of hydrogen-bond acceptors (Lipinski definition) is 4. The molecule has 0 radical (unpaired) electrons. The summed E-state index contributed by atoms with van der Waals surface area (Å²) in [6.45, 7) is 6.12. The van der Waals surface area contributed by atoms with Crippen molar-refractivity contribution in [2.45, 2.75) is 45.6 Å². The largest absolute Gasteiger partial charge is 0.378 e. The first-order valence-corrected chi connectivity index (χ1v) is 9.81. The second-order valence-corrected chi connectivity index (χ2v) is 7.47. The summed E-state index contributed by atoms with van der Waals surface area (Å²) in [5, 5.41) is 2.83. The van der Waals surface area contributed by atoms with Gasteiger partial charge in [-0.3, -0.25) is 14.4 Å². The lowest BCUT2D eigenvalue weighted by atomic mass is 10.0. The first-order chi connectivity index (χ1) is 13.4. The molecule has 1 fully saturated rings. The van der Waals surface area contributed by atoms with Crippen LogP contribution in [-0.2, 0) is 14.3 Å². The predicted molar refractivity (Wildman–Crippen MR) is 103 cm³/mol. The highest BCUT2D eigenvalue weighted by molar-refractivity contribution is 5.96. The zero-order chi connectivity index (χ0) is 20.5. The molecule has 2 amide bonds. The molecule has 0 aromatic heterocycles. The van der Waals surface area contributed by atoms with E-state index in [0.29, 0.717) is 44.7 Å². The first kappa shape index (κ1) is 22.0. The summed E-state index contributed by atoms with van der Waals surface area (Å²) in [5.74, 6) is -0.574. The van der Waals surface area contributed by atoms with E-state index in [-0.39, 0.29) is 36.4 Å². The number of ketones is 1. The maximum atomic E-state index is 12.9. The van der Waals surface area contributed by atoms with Gasteiger partial charge in [-0.25, -0.2) is 4.39 Å². The van der Waals surface area contributed by atoms with Crippen molar-refractivity contribution < 1.29 is 23.5 Å². The van der Waals surface area contributed by atoms with E-state index in [9.17, 15) is 18.8 Å². The molecule has 1 heterocycles. The third kappa shape index (κ3) is 7.03. The summed E-state index contributed by atoms with van der Waals surface area (Å²) in [4.78, 5) is 38.9. The van der Waals surface area contributed by atoms with Gasteiger partial charge in [-0.2, -0.15) is 0 Å². The molecule has 154 valence electrons. The molecule has 1 saturated heterocycles. The van der Waals surface area contributed by atoms with E-state index in [1.54, 1.807) is 4.90 Å². The Balaban J connectivity index is 1.82. The van der Waals surface area contributed by atoms with E-state index in [1.165, 1.54) is 24.3 Å². The van der Waals surface area contributed by atoms with E-state index >= 15 is 0 Å². The van der Waals surface area contributed by atoms with Crippen molar-refractivity contribution >= 4 is 17.6 Å². The normalized spacial score (nSPS) is 15.4. The quantitative estimate of drug-likeness (QED) is 0.656. The molecular formula is C21H29FN2O4. The molecule has 1 N–H and O–H groups in total. The highest BCUT2D eigenvalue weighted by Gasteiger charge is 2.27. The fourth-order valence-electron chi connectivity index (χ4n) is 3.15. The predicted octanol–water partition coefficient (Wildman–Crippen LogP) is 2.57. The summed E-state index contributed by atoms with van der Waals surface area (Å²) in [6, 6.07) is 4.81. The Morgan fingerprint density at radius 2 is 1.75 bits per heavy atom. The lowest BCUT2D eigenvalue weighted by Gasteiger charge is -2.31. The van der Waals surface area contributed by atoms with Crippen molar-refractivity contribution in [3.05, 3.63) is 35.6 Å². The zero-order valence-electron chi connectivity index (χ0n) is 16.6. The molecule has 0 spiro atoms. The monoisotopic (exact) mass is 392 g/mol. The summed E-state index contributed by atoms with van der Waals surface area (Å²) in [5.41, 5.74) is 0.432. The minimum Gasteiger partial charge on any atom is -0.378 e. The zero-order valence-corrected chi connectivity index (χ0v) is 16.6. The number of ether oxygens (including phenoxy) is 1. The molecule has 1 atom stereocenters. The molecule has 2 rings (SSSR count). The standard InChI is InChI=1S/C21H29FN2O4/c1-15(2)14-18(21(27)24-10-12-28-13-11-24)23-20(26)5-3-4-19(25)16-6-8-17(22)9-7-16/h6-9,15,18H,3-5,10-14H2,1-2H3,(H,23,26)/t18-/m0/s1. The number of halogens is 1. The number of hydrogen-bond donors (Lipinski definition) is 1. The average Bonchev–Trinajstić information content (AvgIpc) is 2.67. The number of rotatable bonds is 9. The Labute approximate surface area is 165 Å². The lowest BCUT2D eigenvalue weighted by molar-refractivity contribution is -0.140. The fourth-order valence-corrected chi connectivity index (χ4v) is 3.15. The first-order valence-electron chi connectivity index (χ1n) is 9.81. The van der Waals surface area contributed by atoms with Gasteiger partial charge in [0.1, 0.15) is 11.9 Å². The molecule has 0 saturated carbocycles. The fraction of sp³-hybridized carbons (Fsp3) is 0.571. The maximum Gasteiger partial charge on any atom is 0.245 e. The van der Waals surface area contributed by atoms with E-state index in [4.69, 9.17) is 4.74 Å². The van der Waals surface area contributed by atoms with Crippen LogP contribution < -0.4 is 5.32 Å². The van der Waals surface area contributed by atoms with Gasteiger partial charge < -0.3 is 15.0 Å². The Kier molecular flexibility index (Phi) is 8.57. The van der Waals surface area contributed by atoms with Gasteiger partial charge >= 0.3 is 0 Å². The molecule has 28 heavy (non-hydrogen) atoms. The maximum absolute atomic E-state index is 12.9. The van der Waals surface area contributed by atoms with Crippen molar-refractivity contribution in [2.75, 3.05) is 26.3 Å². The van der Waals surface area contributed by atoms with Gasteiger partial charge in [0.05, 0.1) is 13.2 Å². The number of carbonyl (C=O) groups is 3. The van der Waals surface area contributed by atoms with Crippen LogP contribution in [0, 0.1) is 11.7 Å². The van der Waals surface area contributed by atoms with Crippen LogP contribution in [-0.4, -0.2) is 54.8 Å². The topological polar surface area (TPSA) is 75.7 Å². The van der Waals surface area contributed by atoms with Crippen LogP contribution in [0.3, 0.4) is 0 Å². The Hall–Kier alpha value is -2.28. The second kappa shape index (κ2) is 10.9. The number of carbonyl (C=O) groups excluding carboxylic acids is 3. The van der Waals surface area contributed by atoms with E-state index in [2.05, 4.69) is 5.32 Å². The van der Waals surface area contributed by atoms with Crippen LogP contribution >= 0.6 is 0 Å². The highest BCUT2D eigenvalue weighted by Crippen LogP contribution is 2.12. The Morgan fingerprint density at radius 1 is 1.11 bits per heavy atom. The number of morpholine rings is 1. The molecule has 1 aliphatic rings. The number of benzene rings is 1. The molecule has 6 nitrogen and oxygen atoms in total. The van der Waals surface area contributed by atoms with Gasteiger partial charge in [0, 0.05) is 31.5 Å². The van der Waals surface area contributed by atoms with Crippen molar-refractivity contribution in [3.63, 3.8) is 0 Å². The molecular weight excluding hydrogens is 363 g/mol. The van der Waals surface area contributed by atoms with Gasteiger partial charge in [-0.05, 0) is 43.0 Å². The highest BCUT2D eigenvalue weighted by atomic mass is 19.1. The molecule has 1 aromatic rings. The number of amides is 2. The SMILES string of the molecule is CC(C)C[C@H](NC(=O)CCCC(=O)c1ccc(F)cc1)C(=O)N1CCOCC1. The van der Waals surface area contributed by atoms with E-state index in [0.717, 1.165) is 0 Å². The van der Waals surface area contributed by atoms with E-state index in [1.807, 2.05) is 13.8 Å². The molecule has 0 aliphatic carbocycles. The van der Waals surface area contributed by atoms with Crippen molar-refractivity contribution in [3.8, 4) is 0 Å². The Bertz CT molecular complexity index is 669. The third-order valence-corrected chi connectivity index (χ3v) is 4.64. The van der Waals surface area contributed by atoms with Crippen molar-refractivity contribution in [1.29, 1.82) is 0 Å². The number of nitrogens with one attached hydrogen (secondary N) is 1.